The summed E-state index contributed by atoms with van der Waals surface area (Å²) in [5.74, 6) is 0. The lowest BCUT2D eigenvalue weighted by molar-refractivity contribution is 0.421. The highest BCUT2D eigenvalue weighted by Gasteiger charge is 2.34. The fraction of sp³-hybridized carbons (Fsp3) is 0.500. The molecule has 2 aliphatic rings. The Morgan fingerprint density at radius 2 is 1.83 bits per heavy atom. The molecule has 1 aliphatic heterocycles. The van der Waals surface area contributed by atoms with Crippen molar-refractivity contribution in [1.82, 2.24) is 14.6 Å². The number of fused-ring (bicyclic) bond motifs is 1. The Bertz CT molecular complexity index is 826. The topological polar surface area (TPSA) is 62.3 Å². The van der Waals surface area contributed by atoms with Gasteiger partial charge in [-0.25, -0.2) is 8.42 Å². The lowest BCUT2D eigenvalue weighted by Crippen LogP contribution is -2.39. The zero-order valence-corrected chi connectivity index (χ0v) is 14.5. The van der Waals surface area contributed by atoms with E-state index in [2.05, 4.69) is 10.3 Å². The Morgan fingerprint density at radius 3 is 2.67 bits per heavy atom. The number of aromatic nitrogens is 1. The average molecular weight is 345 g/mol. The molecule has 5 nitrogen and oxygen atoms in total. The fourth-order valence-corrected chi connectivity index (χ4v) is 5.60. The predicted octanol–water partition coefficient (Wildman–Crippen LogP) is 2.53. The van der Waals surface area contributed by atoms with Gasteiger partial charge in [-0.05, 0) is 31.4 Å². The van der Waals surface area contributed by atoms with Crippen molar-refractivity contribution in [2.45, 2.75) is 49.1 Å². The van der Waals surface area contributed by atoms with Gasteiger partial charge in [0.1, 0.15) is 4.90 Å². The molecular weight excluding hydrogens is 322 g/mol. The Hall–Kier alpha value is -1.50. The molecule has 2 aromatic rings. The molecule has 24 heavy (non-hydrogen) atoms. The smallest absolute Gasteiger partial charge is 0.245 e. The van der Waals surface area contributed by atoms with Gasteiger partial charge in [-0.1, -0.05) is 31.0 Å². The molecule has 0 amide bonds. The molecule has 4 rings (SSSR count). The third-order valence-electron chi connectivity index (χ3n) is 5.19. The molecule has 2 fully saturated rings. The van der Waals surface area contributed by atoms with E-state index in [1.54, 1.807) is 22.6 Å². The van der Waals surface area contributed by atoms with Crippen LogP contribution >= 0.6 is 0 Å². The highest BCUT2D eigenvalue weighted by atomic mass is 32.2. The van der Waals surface area contributed by atoms with E-state index in [0.29, 0.717) is 29.5 Å². The molecule has 128 valence electrons. The highest BCUT2D eigenvalue weighted by molar-refractivity contribution is 7.89. The van der Waals surface area contributed by atoms with Crippen molar-refractivity contribution in [3.05, 3.63) is 36.5 Å². The Morgan fingerprint density at radius 1 is 1.04 bits per heavy atom. The van der Waals surface area contributed by atoms with Crippen molar-refractivity contribution in [1.29, 1.82) is 0 Å². The van der Waals surface area contributed by atoms with Gasteiger partial charge in [-0.15, -0.1) is 0 Å². The van der Waals surface area contributed by atoms with Gasteiger partial charge in [0.25, 0.3) is 0 Å². The molecular formula is C18H23N3O2S. The van der Waals surface area contributed by atoms with Crippen LogP contribution in [-0.4, -0.2) is 42.9 Å². The summed E-state index contributed by atoms with van der Waals surface area (Å²) in [6, 6.07) is 9.92. The minimum absolute atomic E-state index is 0.269. The van der Waals surface area contributed by atoms with E-state index >= 15 is 0 Å². The van der Waals surface area contributed by atoms with Crippen molar-refractivity contribution in [3.8, 4) is 0 Å². The molecule has 1 saturated heterocycles. The molecule has 2 heterocycles. The van der Waals surface area contributed by atoms with Crippen molar-refractivity contribution in [3.63, 3.8) is 0 Å². The third kappa shape index (κ3) is 2.94. The molecule has 1 N–H and O–H groups in total. The van der Waals surface area contributed by atoms with Crippen molar-refractivity contribution in [2.75, 3.05) is 13.1 Å². The van der Waals surface area contributed by atoms with Gasteiger partial charge in [0.15, 0.2) is 0 Å². The summed E-state index contributed by atoms with van der Waals surface area (Å²) in [6.45, 7) is 1.14. The maximum Gasteiger partial charge on any atom is 0.245 e. The van der Waals surface area contributed by atoms with Crippen LogP contribution in [0.1, 0.15) is 32.1 Å². The quantitative estimate of drug-likeness (QED) is 0.925. The highest BCUT2D eigenvalue weighted by Crippen LogP contribution is 2.27. The lowest BCUT2D eigenvalue weighted by atomic mass is 10.2. The number of hydrogen-bond donors (Lipinski definition) is 1. The van der Waals surface area contributed by atoms with Gasteiger partial charge in [0.05, 0.1) is 5.52 Å². The van der Waals surface area contributed by atoms with E-state index < -0.39 is 10.0 Å². The van der Waals surface area contributed by atoms with Gasteiger partial charge < -0.3 is 5.32 Å². The van der Waals surface area contributed by atoms with Gasteiger partial charge in [-0.3, -0.25) is 4.98 Å². The standard InChI is InChI=1S/C18H23N3O2S/c22-24(23,17-9-3-5-14-6-4-11-19-18(14)17)21-12-10-16(13-21)20-15-7-1-2-8-15/h3-6,9,11,15-16,20H,1-2,7-8,10,12-13H2/t16-/m0/s1. The molecule has 1 saturated carbocycles. The number of benzene rings is 1. The molecule has 0 unspecified atom stereocenters. The molecule has 0 spiro atoms. The second kappa shape index (κ2) is 6.43. The van der Waals surface area contributed by atoms with Crippen LogP contribution in [0.2, 0.25) is 0 Å². The van der Waals surface area contributed by atoms with E-state index in [-0.39, 0.29) is 6.04 Å². The van der Waals surface area contributed by atoms with E-state index in [9.17, 15) is 8.42 Å². The second-order valence-electron chi connectivity index (χ2n) is 6.83. The van der Waals surface area contributed by atoms with Crippen LogP contribution in [0.15, 0.2) is 41.4 Å². The van der Waals surface area contributed by atoms with Crippen molar-refractivity contribution < 1.29 is 8.42 Å². The van der Waals surface area contributed by atoms with Crippen LogP contribution in [0.25, 0.3) is 10.9 Å². The van der Waals surface area contributed by atoms with Crippen LogP contribution in [0.4, 0.5) is 0 Å². The second-order valence-corrected chi connectivity index (χ2v) is 8.73. The summed E-state index contributed by atoms with van der Waals surface area (Å²) in [6.07, 6.45) is 7.54. The first-order valence-electron chi connectivity index (χ1n) is 8.74. The number of nitrogens with one attached hydrogen (secondary N) is 1. The number of pyridine rings is 1. The molecule has 1 aromatic carbocycles. The molecule has 1 aliphatic carbocycles. The first-order chi connectivity index (χ1) is 11.6. The Kier molecular flexibility index (Phi) is 4.28. The maximum atomic E-state index is 13.1. The van der Waals surface area contributed by atoms with Crippen LogP contribution in [0, 0.1) is 0 Å². The minimum atomic E-state index is -3.50. The number of para-hydroxylation sites is 1. The van der Waals surface area contributed by atoms with Crippen LogP contribution in [-0.2, 0) is 10.0 Å². The zero-order chi connectivity index (χ0) is 16.6. The number of hydrogen-bond acceptors (Lipinski definition) is 4. The normalized spacial score (nSPS) is 23.2. The monoisotopic (exact) mass is 345 g/mol. The summed E-state index contributed by atoms with van der Waals surface area (Å²) in [7, 11) is -3.50. The van der Waals surface area contributed by atoms with Gasteiger partial charge >= 0.3 is 0 Å². The van der Waals surface area contributed by atoms with Gasteiger partial charge in [0.2, 0.25) is 10.0 Å². The largest absolute Gasteiger partial charge is 0.310 e. The third-order valence-corrected chi connectivity index (χ3v) is 7.09. The predicted molar refractivity (Wildman–Crippen MR) is 94.3 cm³/mol. The van der Waals surface area contributed by atoms with E-state index in [1.165, 1.54) is 25.7 Å². The zero-order valence-electron chi connectivity index (χ0n) is 13.7. The molecule has 1 atom stereocenters. The maximum absolute atomic E-state index is 13.1. The van der Waals surface area contributed by atoms with E-state index in [0.717, 1.165) is 11.8 Å². The molecule has 6 heteroatoms. The average Bonchev–Trinajstić information content (AvgIpc) is 3.27. The van der Waals surface area contributed by atoms with Gasteiger partial charge in [0, 0.05) is 36.8 Å². The molecule has 1 aromatic heterocycles. The molecule has 0 bridgehead atoms. The number of nitrogens with zero attached hydrogens (tertiary/aromatic N) is 2. The van der Waals surface area contributed by atoms with Crippen molar-refractivity contribution >= 4 is 20.9 Å². The molecule has 0 radical (unpaired) electrons. The van der Waals surface area contributed by atoms with Crippen LogP contribution in [0.3, 0.4) is 0 Å². The number of rotatable bonds is 4. The summed E-state index contributed by atoms with van der Waals surface area (Å²) in [5.41, 5.74) is 0.562. The van der Waals surface area contributed by atoms with Gasteiger partial charge in [-0.2, -0.15) is 4.31 Å². The fourth-order valence-electron chi connectivity index (χ4n) is 3.93. The van der Waals surface area contributed by atoms with E-state index in [1.807, 2.05) is 18.2 Å². The Balaban J connectivity index is 1.56. The summed E-state index contributed by atoms with van der Waals surface area (Å²) in [4.78, 5) is 4.62. The van der Waals surface area contributed by atoms with E-state index in [4.69, 9.17) is 0 Å². The van der Waals surface area contributed by atoms with Crippen molar-refractivity contribution in [2.24, 2.45) is 0 Å². The van der Waals surface area contributed by atoms with Crippen LogP contribution < -0.4 is 5.32 Å². The first-order valence-corrected chi connectivity index (χ1v) is 10.2. The first kappa shape index (κ1) is 16.0. The van der Waals surface area contributed by atoms with Crippen LogP contribution in [0.5, 0.6) is 0 Å². The lowest BCUT2D eigenvalue weighted by Gasteiger charge is -2.20. The summed E-state index contributed by atoms with van der Waals surface area (Å²) < 4.78 is 27.8. The summed E-state index contributed by atoms with van der Waals surface area (Å²) in [5, 5.41) is 4.51. The SMILES string of the molecule is O=S(=O)(c1cccc2cccnc12)N1CC[C@H](NC2CCCC2)C1. The Labute approximate surface area is 143 Å². The minimum Gasteiger partial charge on any atom is -0.310 e. The number of sulfonamides is 1. The summed E-state index contributed by atoms with van der Waals surface area (Å²) >= 11 is 0.